The van der Waals surface area contributed by atoms with E-state index in [0.717, 1.165) is 35.9 Å². The van der Waals surface area contributed by atoms with Crippen LogP contribution >= 0.6 is 0 Å². The number of benzene rings is 2. The number of H-pyrrole nitrogens is 1. The van der Waals surface area contributed by atoms with E-state index < -0.39 is 10.0 Å². The van der Waals surface area contributed by atoms with Gasteiger partial charge >= 0.3 is 0 Å². The fourth-order valence-electron chi connectivity index (χ4n) is 4.17. The van der Waals surface area contributed by atoms with Crippen LogP contribution in [0.3, 0.4) is 0 Å². The summed E-state index contributed by atoms with van der Waals surface area (Å²) in [4.78, 5) is 19.0. The molecule has 31 heavy (non-hydrogen) atoms. The lowest BCUT2D eigenvalue weighted by Gasteiger charge is -2.35. The number of aromatic nitrogens is 1. The van der Waals surface area contributed by atoms with Gasteiger partial charge in [-0.15, -0.1) is 0 Å². The summed E-state index contributed by atoms with van der Waals surface area (Å²) in [5, 5.41) is 1.13. The highest BCUT2D eigenvalue weighted by Gasteiger charge is 2.31. The Bertz CT molecular complexity index is 1170. The highest BCUT2D eigenvalue weighted by Crippen LogP contribution is 2.33. The van der Waals surface area contributed by atoms with E-state index in [1.54, 1.807) is 25.2 Å². The first kappa shape index (κ1) is 21.6. The zero-order chi connectivity index (χ0) is 22.2. The molecule has 0 saturated carbocycles. The summed E-state index contributed by atoms with van der Waals surface area (Å²) in [5.74, 6) is -0.132. The van der Waals surface area contributed by atoms with Gasteiger partial charge in [0.1, 0.15) is 0 Å². The number of carbonyl (C=O) groups is 1. The van der Waals surface area contributed by atoms with Gasteiger partial charge in [0.25, 0.3) is 5.91 Å². The first-order chi connectivity index (χ1) is 14.8. The molecule has 0 aliphatic carbocycles. The number of sulfonamides is 1. The molecule has 1 amide bonds. The predicted octanol–water partition coefficient (Wildman–Crippen LogP) is 4.56. The van der Waals surface area contributed by atoms with Crippen molar-refractivity contribution >= 4 is 26.8 Å². The van der Waals surface area contributed by atoms with Crippen LogP contribution in [0.25, 0.3) is 10.9 Å². The first-order valence-electron chi connectivity index (χ1n) is 10.8. The molecule has 1 fully saturated rings. The Morgan fingerprint density at radius 2 is 1.87 bits per heavy atom. The third kappa shape index (κ3) is 4.12. The molecule has 3 aromatic rings. The van der Waals surface area contributed by atoms with Crippen molar-refractivity contribution in [2.24, 2.45) is 0 Å². The summed E-state index contributed by atoms with van der Waals surface area (Å²) in [7, 11) is -2.09. The lowest BCUT2D eigenvalue weighted by Crippen LogP contribution is -2.39. The maximum atomic E-state index is 13.5. The third-order valence-corrected chi connectivity index (χ3v) is 8.19. The number of hydrogen-bond donors (Lipinski definition) is 1. The topological polar surface area (TPSA) is 73.5 Å². The number of rotatable bonds is 5. The number of aromatic amines is 1. The molecule has 1 aromatic heterocycles. The lowest BCUT2D eigenvalue weighted by molar-refractivity contribution is 0.0606. The zero-order valence-corrected chi connectivity index (χ0v) is 19.0. The molecule has 0 unspecified atom stereocenters. The molecule has 6 nitrogen and oxygen atoms in total. The molecule has 7 heteroatoms. The van der Waals surface area contributed by atoms with E-state index >= 15 is 0 Å². The van der Waals surface area contributed by atoms with E-state index in [0.29, 0.717) is 12.1 Å². The normalized spacial score (nSPS) is 17.6. The first-order valence-corrected chi connectivity index (χ1v) is 12.2. The molecule has 164 valence electrons. The minimum Gasteiger partial charge on any atom is -0.357 e. The SMILES string of the molecule is CC(C)N(C)S(=O)(=O)c1cccc(C(=O)N2CCCC[C@H]2c2cc3ccccc3[nH]2)c1. The second-order valence-electron chi connectivity index (χ2n) is 8.46. The zero-order valence-electron chi connectivity index (χ0n) is 18.2. The van der Waals surface area contributed by atoms with Crippen LogP contribution in [0, 0.1) is 0 Å². The number of hydrogen-bond acceptors (Lipinski definition) is 3. The highest BCUT2D eigenvalue weighted by molar-refractivity contribution is 7.89. The Labute approximate surface area is 183 Å². The summed E-state index contributed by atoms with van der Waals surface area (Å²) in [6.07, 6.45) is 2.88. The Morgan fingerprint density at radius 3 is 2.61 bits per heavy atom. The van der Waals surface area contributed by atoms with Gasteiger partial charge in [-0.05, 0) is 68.8 Å². The van der Waals surface area contributed by atoms with Gasteiger partial charge in [-0.2, -0.15) is 4.31 Å². The summed E-state index contributed by atoms with van der Waals surface area (Å²) < 4.78 is 27.1. The van der Waals surface area contributed by atoms with Gasteiger partial charge in [0.05, 0.1) is 10.9 Å². The predicted molar refractivity (Wildman–Crippen MR) is 122 cm³/mol. The van der Waals surface area contributed by atoms with E-state index in [1.165, 1.54) is 10.4 Å². The molecule has 1 atom stereocenters. The number of nitrogens with one attached hydrogen (secondary N) is 1. The smallest absolute Gasteiger partial charge is 0.254 e. The van der Waals surface area contributed by atoms with Gasteiger partial charge in [0.2, 0.25) is 10.0 Å². The molecular formula is C24H29N3O3S. The second kappa shape index (κ2) is 8.48. The van der Waals surface area contributed by atoms with Crippen molar-refractivity contribution in [2.75, 3.05) is 13.6 Å². The summed E-state index contributed by atoms with van der Waals surface area (Å²) in [6, 6.07) is 16.4. The molecule has 4 rings (SSSR count). The van der Waals surface area contributed by atoms with Crippen LogP contribution in [0.2, 0.25) is 0 Å². The van der Waals surface area contributed by atoms with Gasteiger partial charge in [0.15, 0.2) is 0 Å². The quantitative estimate of drug-likeness (QED) is 0.633. The molecule has 1 saturated heterocycles. The van der Waals surface area contributed by atoms with Gasteiger partial charge in [0, 0.05) is 36.4 Å². The Balaban J connectivity index is 1.66. The number of piperidine rings is 1. The number of nitrogens with zero attached hydrogens (tertiary/aromatic N) is 2. The van der Waals surface area contributed by atoms with E-state index in [9.17, 15) is 13.2 Å². The Hall–Kier alpha value is -2.64. The van der Waals surface area contributed by atoms with Crippen molar-refractivity contribution in [3.63, 3.8) is 0 Å². The van der Waals surface area contributed by atoms with Crippen molar-refractivity contribution in [2.45, 2.75) is 50.1 Å². The Morgan fingerprint density at radius 1 is 1.10 bits per heavy atom. The lowest BCUT2D eigenvalue weighted by atomic mass is 9.98. The molecule has 2 heterocycles. The third-order valence-electron chi connectivity index (χ3n) is 6.16. The molecule has 1 N–H and O–H groups in total. The maximum absolute atomic E-state index is 13.5. The fraction of sp³-hybridized carbons (Fsp3) is 0.375. The highest BCUT2D eigenvalue weighted by atomic mass is 32.2. The summed E-state index contributed by atoms with van der Waals surface area (Å²) in [5.41, 5.74) is 2.49. The number of likely N-dealkylation sites (tertiary alicyclic amines) is 1. The van der Waals surface area contributed by atoms with Gasteiger partial charge in [-0.3, -0.25) is 4.79 Å². The maximum Gasteiger partial charge on any atom is 0.254 e. The number of carbonyl (C=O) groups excluding carboxylic acids is 1. The van der Waals surface area contributed by atoms with Crippen LogP contribution in [-0.2, 0) is 10.0 Å². The average Bonchev–Trinajstić information content (AvgIpc) is 3.22. The molecule has 0 bridgehead atoms. The Kier molecular flexibility index (Phi) is 5.90. The van der Waals surface area contributed by atoms with E-state index in [2.05, 4.69) is 17.1 Å². The van der Waals surface area contributed by atoms with E-state index in [4.69, 9.17) is 0 Å². The van der Waals surface area contributed by atoms with Crippen LogP contribution in [0.4, 0.5) is 0 Å². The van der Waals surface area contributed by atoms with Gasteiger partial charge in [-0.25, -0.2) is 8.42 Å². The minimum atomic E-state index is -3.65. The van der Waals surface area contributed by atoms with Crippen LogP contribution in [0.1, 0.15) is 55.2 Å². The molecule has 0 radical (unpaired) electrons. The number of amides is 1. The van der Waals surface area contributed by atoms with Gasteiger partial charge < -0.3 is 9.88 Å². The van der Waals surface area contributed by atoms with E-state index in [-0.39, 0.29) is 22.9 Å². The molecular weight excluding hydrogens is 410 g/mol. The van der Waals surface area contributed by atoms with Crippen molar-refractivity contribution in [1.82, 2.24) is 14.2 Å². The van der Waals surface area contributed by atoms with Crippen LogP contribution in [0.15, 0.2) is 59.5 Å². The van der Waals surface area contributed by atoms with Crippen molar-refractivity contribution in [3.8, 4) is 0 Å². The van der Waals surface area contributed by atoms with Crippen LogP contribution in [0.5, 0.6) is 0 Å². The molecule has 2 aromatic carbocycles. The number of para-hydroxylation sites is 1. The number of fused-ring (bicyclic) bond motifs is 1. The fourth-order valence-corrected chi connectivity index (χ4v) is 5.59. The standard InChI is InChI=1S/C24H29N3O3S/c1-17(2)26(3)31(29,30)20-11-8-10-19(15-20)24(28)27-14-7-6-13-23(27)22-16-18-9-4-5-12-21(18)25-22/h4-5,8-12,15-17,23,25H,6-7,13-14H2,1-3H3/t23-/m0/s1. The van der Waals surface area contributed by atoms with Crippen molar-refractivity contribution in [1.29, 1.82) is 0 Å². The largest absolute Gasteiger partial charge is 0.357 e. The van der Waals surface area contributed by atoms with Crippen molar-refractivity contribution in [3.05, 3.63) is 65.9 Å². The monoisotopic (exact) mass is 439 g/mol. The van der Waals surface area contributed by atoms with Crippen LogP contribution < -0.4 is 0 Å². The molecule has 1 aliphatic rings. The van der Waals surface area contributed by atoms with Gasteiger partial charge in [-0.1, -0.05) is 24.3 Å². The molecule has 0 spiro atoms. The minimum absolute atomic E-state index is 0.0488. The second-order valence-corrected chi connectivity index (χ2v) is 10.5. The average molecular weight is 440 g/mol. The van der Waals surface area contributed by atoms with Crippen molar-refractivity contribution < 1.29 is 13.2 Å². The summed E-state index contributed by atoms with van der Waals surface area (Å²) in [6.45, 7) is 4.30. The van der Waals surface area contributed by atoms with Crippen LogP contribution in [-0.4, -0.2) is 48.1 Å². The molecule has 1 aliphatic heterocycles. The summed E-state index contributed by atoms with van der Waals surface area (Å²) >= 11 is 0. The van der Waals surface area contributed by atoms with E-state index in [1.807, 2.05) is 36.9 Å².